The van der Waals surface area contributed by atoms with Gasteiger partial charge in [-0.2, -0.15) is 0 Å². The fourth-order valence-corrected chi connectivity index (χ4v) is 6.45. The molecule has 0 spiro atoms. The number of nitrogens with two attached hydrogens (primary N) is 1. The number of aliphatic hydroxyl groups is 1. The number of unbranched alkanes of at least 4 members (excludes halogenated alkanes) is 1. The van der Waals surface area contributed by atoms with Crippen LogP contribution in [0.4, 0.5) is 4.79 Å². The van der Waals surface area contributed by atoms with Gasteiger partial charge in [0.15, 0.2) is 5.54 Å². The van der Waals surface area contributed by atoms with E-state index in [0.29, 0.717) is 47.9 Å². The smallest absolute Gasteiger partial charge is 0.418 e. The number of ether oxygens (including phenoxy) is 1. The predicted molar refractivity (Wildman–Crippen MR) is 210 cm³/mol. The predicted octanol–water partition coefficient (Wildman–Crippen LogP) is 6.98. The van der Waals surface area contributed by atoms with E-state index in [1.807, 2.05) is 97.0 Å². The molecule has 0 aliphatic carbocycles. The average Bonchev–Trinajstić information content (AvgIpc) is 3.12. The zero-order valence-electron chi connectivity index (χ0n) is 32.7. The van der Waals surface area contributed by atoms with Crippen molar-refractivity contribution in [3.8, 4) is 0 Å². The molecular weight excluding hydrogens is 668 g/mol. The third-order valence-electron chi connectivity index (χ3n) is 9.24. The van der Waals surface area contributed by atoms with Gasteiger partial charge in [0.05, 0.1) is 18.2 Å². The fraction of sp³-hybridized carbons (Fsp3) is 0.488. The van der Waals surface area contributed by atoms with Crippen LogP contribution in [0.3, 0.4) is 0 Å². The second-order valence-corrected chi connectivity index (χ2v) is 15.1. The number of imide groups is 1. The van der Waals surface area contributed by atoms with E-state index in [9.17, 15) is 19.5 Å². The topological polar surface area (TPSA) is 151 Å². The van der Waals surface area contributed by atoms with E-state index < -0.39 is 41.6 Å². The number of hydrogen-bond donors (Lipinski definition) is 4. The molecule has 0 aliphatic heterocycles. The summed E-state index contributed by atoms with van der Waals surface area (Å²) >= 11 is 0. The van der Waals surface area contributed by atoms with Gasteiger partial charge in [0, 0.05) is 12.1 Å². The first-order chi connectivity index (χ1) is 25.1. The highest BCUT2D eigenvalue weighted by atomic mass is 16.6. The van der Waals surface area contributed by atoms with Crippen LogP contribution in [0.25, 0.3) is 10.8 Å². The number of carbonyl (C=O) groups is 4. The van der Waals surface area contributed by atoms with E-state index in [1.165, 1.54) is 13.0 Å². The van der Waals surface area contributed by atoms with Gasteiger partial charge in [-0.05, 0) is 65.5 Å². The van der Waals surface area contributed by atoms with Crippen molar-refractivity contribution in [2.75, 3.05) is 6.54 Å². The van der Waals surface area contributed by atoms with Crippen LogP contribution in [0.2, 0.25) is 0 Å². The number of nitrogens with zero attached hydrogens (tertiary/aromatic N) is 1. The highest BCUT2D eigenvalue weighted by Gasteiger charge is 2.53. The molecule has 53 heavy (non-hydrogen) atoms. The van der Waals surface area contributed by atoms with Gasteiger partial charge < -0.3 is 26.2 Å². The van der Waals surface area contributed by atoms with Crippen molar-refractivity contribution < 1.29 is 29.0 Å². The van der Waals surface area contributed by atoms with Gasteiger partial charge in [-0.15, -0.1) is 0 Å². The highest BCUT2D eigenvalue weighted by molar-refractivity contribution is 6.05. The summed E-state index contributed by atoms with van der Waals surface area (Å²) in [5.74, 6) is -1.71. The van der Waals surface area contributed by atoms with Crippen molar-refractivity contribution in [2.45, 2.75) is 111 Å². The van der Waals surface area contributed by atoms with E-state index in [-0.39, 0.29) is 36.7 Å². The van der Waals surface area contributed by atoms with Crippen molar-refractivity contribution in [1.29, 1.82) is 0 Å². The van der Waals surface area contributed by atoms with Crippen LogP contribution in [0, 0.1) is 17.8 Å². The molecule has 0 heterocycles. The molecule has 0 radical (unpaired) electrons. The van der Waals surface area contributed by atoms with Gasteiger partial charge in [0.25, 0.3) is 5.91 Å². The molecule has 0 aromatic heterocycles. The molecule has 10 nitrogen and oxygen atoms in total. The van der Waals surface area contributed by atoms with Crippen molar-refractivity contribution in [3.63, 3.8) is 0 Å². The Labute approximate surface area is 315 Å². The lowest BCUT2D eigenvalue weighted by atomic mass is 9.79. The third-order valence-corrected chi connectivity index (χ3v) is 9.24. The molecule has 3 aromatic carbocycles. The first-order valence-corrected chi connectivity index (χ1v) is 18.9. The lowest BCUT2D eigenvalue weighted by molar-refractivity contribution is -0.148. The largest absolute Gasteiger partial charge is 0.444 e. The SMILES string of the molecule is CCCC[C@](C(=O)N[C@@H](CC(C)C)[C@@H](O)C=C(C(=O)NCC(C)C)C(C)C)(c1cccc2ccccc12)N(C(=O)OCc1ccccc1)C(=O)[C@H](C)N. The van der Waals surface area contributed by atoms with Gasteiger partial charge in [-0.3, -0.25) is 14.4 Å². The molecule has 3 aromatic rings. The van der Waals surface area contributed by atoms with Crippen LogP contribution >= 0.6 is 0 Å². The highest BCUT2D eigenvalue weighted by Crippen LogP contribution is 2.40. The van der Waals surface area contributed by atoms with Crippen molar-refractivity contribution in [2.24, 2.45) is 23.5 Å². The number of aliphatic hydroxyl groups excluding tert-OH is 1. The van der Waals surface area contributed by atoms with Crippen LogP contribution in [0.5, 0.6) is 0 Å². The zero-order valence-corrected chi connectivity index (χ0v) is 32.7. The van der Waals surface area contributed by atoms with Crippen LogP contribution in [0.15, 0.2) is 84.4 Å². The van der Waals surface area contributed by atoms with Gasteiger partial charge in [0.1, 0.15) is 6.61 Å². The second-order valence-electron chi connectivity index (χ2n) is 15.1. The Hall–Kier alpha value is -4.54. The molecule has 5 N–H and O–H groups in total. The molecule has 10 heteroatoms. The molecule has 0 unspecified atom stereocenters. The van der Waals surface area contributed by atoms with Gasteiger partial charge in [-0.1, -0.05) is 134 Å². The standard InChI is InChI=1S/C43H60N4O6/c1-9-10-23-43(36-22-16-20-33-19-14-15-21-34(33)36,47(40(50)31(8)44)42(52)53-27-32-17-12-11-13-18-32)41(51)46-37(24-28(2)3)38(48)25-35(30(6)7)39(49)45-26-29(4)5/h11-22,25,28-31,37-38,48H,9-10,23-24,26-27,44H2,1-8H3,(H,45,49)(H,46,51)/t31-,37-,38-,43+/m0/s1. The minimum atomic E-state index is -1.94. The number of amides is 4. The van der Waals surface area contributed by atoms with E-state index in [4.69, 9.17) is 10.5 Å². The minimum Gasteiger partial charge on any atom is -0.444 e. The van der Waals surface area contributed by atoms with Crippen LogP contribution in [-0.4, -0.2) is 58.6 Å². The molecule has 0 aliphatic rings. The summed E-state index contributed by atoms with van der Waals surface area (Å²) in [6.07, 6.45) is 0.707. The first-order valence-electron chi connectivity index (χ1n) is 18.9. The molecule has 0 saturated carbocycles. The number of hydrogen-bond acceptors (Lipinski definition) is 7. The van der Waals surface area contributed by atoms with E-state index in [1.54, 1.807) is 24.3 Å². The Balaban J connectivity index is 2.29. The molecule has 3 rings (SSSR count). The maximum atomic E-state index is 15.4. The molecule has 0 fully saturated rings. The van der Waals surface area contributed by atoms with Gasteiger partial charge >= 0.3 is 6.09 Å². The number of carbonyl (C=O) groups excluding carboxylic acids is 4. The molecular formula is C43H60N4O6. The number of benzene rings is 3. The van der Waals surface area contributed by atoms with Crippen LogP contribution < -0.4 is 16.4 Å². The van der Waals surface area contributed by atoms with E-state index >= 15 is 4.79 Å². The van der Waals surface area contributed by atoms with Crippen LogP contribution in [-0.2, 0) is 31.3 Å². The Morgan fingerprint density at radius 3 is 2.13 bits per heavy atom. The second kappa shape index (κ2) is 20.1. The number of fused-ring (bicyclic) bond motifs is 1. The quantitative estimate of drug-likeness (QED) is 0.103. The maximum absolute atomic E-state index is 15.4. The maximum Gasteiger partial charge on any atom is 0.418 e. The molecule has 0 saturated heterocycles. The number of nitrogens with one attached hydrogen (secondary N) is 2. The lowest BCUT2D eigenvalue weighted by Gasteiger charge is -2.43. The van der Waals surface area contributed by atoms with Crippen molar-refractivity contribution in [1.82, 2.24) is 15.5 Å². The summed E-state index contributed by atoms with van der Waals surface area (Å²) in [6.45, 7) is 15.5. The van der Waals surface area contributed by atoms with Gasteiger partial charge in [-0.25, -0.2) is 9.69 Å². The first kappa shape index (κ1) is 42.9. The van der Waals surface area contributed by atoms with Crippen molar-refractivity contribution in [3.05, 3.63) is 95.6 Å². The lowest BCUT2D eigenvalue weighted by Crippen LogP contribution is -2.64. The Morgan fingerprint density at radius 2 is 1.53 bits per heavy atom. The summed E-state index contributed by atoms with van der Waals surface area (Å²) in [4.78, 5) is 58.4. The Kier molecular flexibility index (Phi) is 16.2. The number of rotatable bonds is 18. The molecule has 4 atom stereocenters. The summed E-state index contributed by atoms with van der Waals surface area (Å²) in [7, 11) is 0. The van der Waals surface area contributed by atoms with E-state index in [2.05, 4.69) is 10.6 Å². The fourth-order valence-electron chi connectivity index (χ4n) is 6.45. The molecule has 288 valence electrons. The Morgan fingerprint density at radius 1 is 0.887 bits per heavy atom. The average molecular weight is 729 g/mol. The van der Waals surface area contributed by atoms with E-state index in [0.717, 1.165) is 10.3 Å². The van der Waals surface area contributed by atoms with Crippen LogP contribution in [0.1, 0.15) is 92.2 Å². The third kappa shape index (κ3) is 11.2. The summed E-state index contributed by atoms with van der Waals surface area (Å²) in [5, 5.41) is 19.3. The summed E-state index contributed by atoms with van der Waals surface area (Å²) in [5.41, 5.74) is 5.83. The monoisotopic (exact) mass is 728 g/mol. The Bertz CT molecular complexity index is 1700. The molecule has 0 bridgehead atoms. The van der Waals surface area contributed by atoms with Crippen molar-refractivity contribution >= 4 is 34.6 Å². The zero-order chi connectivity index (χ0) is 39.3. The normalized spacial score (nSPS) is 14.8. The minimum absolute atomic E-state index is 0.0147. The summed E-state index contributed by atoms with van der Waals surface area (Å²) in [6, 6.07) is 20.0. The molecule has 4 amide bonds. The summed E-state index contributed by atoms with van der Waals surface area (Å²) < 4.78 is 5.82. The van der Waals surface area contributed by atoms with Gasteiger partial charge in [0.2, 0.25) is 11.8 Å².